The van der Waals surface area contributed by atoms with Gasteiger partial charge in [-0.3, -0.25) is 9.59 Å². The van der Waals surface area contributed by atoms with Gasteiger partial charge in [0, 0.05) is 19.3 Å². The molecule has 0 radical (unpaired) electrons. The third-order valence-electron chi connectivity index (χ3n) is 1.05. The minimum Gasteiger partial charge on any atom is -0.358 e. The average molecular weight is 179 g/mol. The average Bonchev–Trinajstić information content (AvgIpc) is 2.01. The quantitative estimate of drug-likeness (QED) is 0.569. The van der Waals surface area contributed by atoms with Crippen LogP contribution < -0.4 is 10.6 Å². The van der Waals surface area contributed by atoms with Gasteiger partial charge in [0.25, 0.3) is 0 Å². The van der Waals surface area contributed by atoms with Gasteiger partial charge in [-0.2, -0.15) is 0 Å². The molecule has 11 heavy (non-hydrogen) atoms. The first-order valence-corrected chi connectivity index (χ1v) is 3.77. The van der Waals surface area contributed by atoms with Crippen LogP contribution in [0.25, 0.3) is 0 Å². The minimum atomic E-state index is -0.215. The van der Waals surface area contributed by atoms with Gasteiger partial charge in [0.05, 0.1) is 6.54 Å². The van der Waals surface area contributed by atoms with E-state index in [0.717, 1.165) is 0 Å². The normalized spacial score (nSPS) is 8.91. The van der Waals surface area contributed by atoms with Crippen LogP contribution in [0.15, 0.2) is 0 Å². The van der Waals surface area contributed by atoms with E-state index in [1.54, 1.807) is 0 Å². The number of carbonyl (C=O) groups excluding carboxylic acids is 2. The third kappa shape index (κ3) is 5.66. The van der Waals surface area contributed by atoms with Crippen molar-refractivity contribution in [2.75, 3.05) is 19.5 Å². The van der Waals surface area contributed by atoms with Crippen molar-refractivity contribution in [3.8, 4) is 0 Å². The highest BCUT2D eigenvalue weighted by molar-refractivity contribution is 6.18. The summed E-state index contributed by atoms with van der Waals surface area (Å²) in [6, 6.07) is 0. The number of amides is 2. The number of carbonyl (C=O) groups is 2. The predicted octanol–water partition coefficient (Wildman–Crippen LogP) is -0.523. The Hall–Kier alpha value is -0.770. The second kappa shape index (κ2) is 5.97. The van der Waals surface area contributed by atoms with Crippen LogP contribution in [0.4, 0.5) is 0 Å². The maximum Gasteiger partial charge on any atom is 0.239 e. The molecular formula is C6H11ClN2O2. The van der Waals surface area contributed by atoms with Crippen LogP contribution in [0.1, 0.15) is 6.42 Å². The molecule has 4 nitrogen and oxygen atoms in total. The van der Waals surface area contributed by atoms with Crippen LogP contribution >= 0.6 is 11.6 Å². The highest BCUT2D eigenvalue weighted by Crippen LogP contribution is 1.82. The van der Waals surface area contributed by atoms with E-state index in [2.05, 4.69) is 10.6 Å². The van der Waals surface area contributed by atoms with Crippen molar-refractivity contribution in [3.63, 3.8) is 0 Å². The second-order valence-corrected chi connectivity index (χ2v) is 2.27. The zero-order valence-electron chi connectivity index (χ0n) is 6.32. The van der Waals surface area contributed by atoms with Gasteiger partial charge < -0.3 is 10.6 Å². The van der Waals surface area contributed by atoms with Crippen molar-refractivity contribution in [1.82, 2.24) is 10.6 Å². The van der Waals surface area contributed by atoms with Gasteiger partial charge in [-0.05, 0) is 0 Å². The van der Waals surface area contributed by atoms with E-state index in [-0.39, 0.29) is 30.7 Å². The second-order valence-electron chi connectivity index (χ2n) is 1.89. The van der Waals surface area contributed by atoms with Crippen LogP contribution in [-0.2, 0) is 9.59 Å². The Morgan fingerprint density at radius 3 is 2.45 bits per heavy atom. The summed E-state index contributed by atoms with van der Waals surface area (Å²) < 4.78 is 0. The summed E-state index contributed by atoms with van der Waals surface area (Å²) in [5.41, 5.74) is 0. The summed E-state index contributed by atoms with van der Waals surface area (Å²) in [4.78, 5) is 21.2. The molecule has 0 saturated heterocycles. The molecule has 0 aliphatic carbocycles. The Balaban J connectivity index is 3.38. The van der Waals surface area contributed by atoms with Crippen LogP contribution in [-0.4, -0.2) is 31.3 Å². The lowest BCUT2D eigenvalue weighted by molar-refractivity contribution is -0.125. The van der Waals surface area contributed by atoms with E-state index in [9.17, 15) is 9.59 Å². The fourth-order valence-corrected chi connectivity index (χ4v) is 0.613. The molecule has 0 bridgehead atoms. The number of nitrogens with one attached hydrogen (secondary N) is 2. The first-order valence-electron chi connectivity index (χ1n) is 3.24. The molecule has 0 aliphatic rings. The van der Waals surface area contributed by atoms with Crippen LogP contribution in [0.5, 0.6) is 0 Å². The predicted molar refractivity (Wildman–Crippen MR) is 42.4 cm³/mol. The molecule has 5 heteroatoms. The largest absolute Gasteiger partial charge is 0.358 e. The Kier molecular flexibility index (Phi) is 5.56. The molecule has 0 aliphatic heterocycles. The number of hydrogen-bond donors (Lipinski definition) is 2. The van der Waals surface area contributed by atoms with Gasteiger partial charge in [-0.25, -0.2) is 0 Å². The van der Waals surface area contributed by atoms with Crippen LogP contribution in [0, 0.1) is 0 Å². The van der Waals surface area contributed by atoms with Gasteiger partial charge >= 0.3 is 0 Å². The number of alkyl halides is 1. The molecule has 0 aromatic carbocycles. The zero-order valence-corrected chi connectivity index (χ0v) is 7.07. The summed E-state index contributed by atoms with van der Waals surface area (Å²) in [7, 11) is 1.51. The summed E-state index contributed by atoms with van der Waals surface area (Å²) in [6.45, 7) is 0.0201. The lowest BCUT2D eigenvalue weighted by atomic mass is 10.4. The Morgan fingerprint density at radius 2 is 2.00 bits per heavy atom. The topological polar surface area (TPSA) is 58.2 Å². The lowest BCUT2D eigenvalue weighted by Gasteiger charge is -2.01. The van der Waals surface area contributed by atoms with Crippen molar-refractivity contribution in [2.24, 2.45) is 0 Å². The molecular weight excluding hydrogens is 168 g/mol. The number of likely N-dealkylation sites (N-methyl/N-ethyl adjacent to an activating group) is 1. The van der Waals surface area contributed by atoms with Crippen LogP contribution in [0.2, 0.25) is 0 Å². The molecule has 0 atom stereocenters. The third-order valence-corrected chi connectivity index (χ3v) is 1.24. The highest BCUT2D eigenvalue weighted by atomic mass is 35.5. The first kappa shape index (κ1) is 10.2. The maximum absolute atomic E-state index is 10.7. The molecule has 2 N–H and O–H groups in total. The van der Waals surface area contributed by atoms with E-state index < -0.39 is 0 Å². The molecule has 0 saturated carbocycles. The SMILES string of the molecule is CNC(=O)CNC(=O)CCCl. The number of halogens is 1. The Morgan fingerprint density at radius 1 is 1.36 bits per heavy atom. The molecule has 2 amide bonds. The fourth-order valence-electron chi connectivity index (χ4n) is 0.441. The highest BCUT2D eigenvalue weighted by Gasteiger charge is 2.01. The van der Waals surface area contributed by atoms with Gasteiger partial charge in [-0.1, -0.05) is 0 Å². The van der Waals surface area contributed by atoms with Gasteiger partial charge in [0.15, 0.2) is 0 Å². The Bertz CT molecular complexity index is 150. The fraction of sp³-hybridized carbons (Fsp3) is 0.667. The maximum atomic E-state index is 10.7. The smallest absolute Gasteiger partial charge is 0.239 e. The van der Waals surface area contributed by atoms with Crippen molar-refractivity contribution in [3.05, 3.63) is 0 Å². The molecule has 0 aromatic rings. The van der Waals surface area contributed by atoms with Crippen molar-refractivity contribution < 1.29 is 9.59 Å². The van der Waals surface area contributed by atoms with Crippen molar-refractivity contribution >= 4 is 23.4 Å². The number of hydrogen-bond acceptors (Lipinski definition) is 2. The van der Waals surface area contributed by atoms with Gasteiger partial charge in [0.2, 0.25) is 11.8 Å². The lowest BCUT2D eigenvalue weighted by Crippen LogP contribution is -2.35. The monoisotopic (exact) mass is 178 g/mol. The van der Waals surface area contributed by atoms with E-state index in [1.807, 2.05) is 0 Å². The molecule has 0 heterocycles. The summed E-state index contributed by atoms with van der Waals surface area (Å²) >= 11 is 5.28. The van der Waals surface area contributed by atoms with E-state index in [0.29, 0.717) is 0 Å². The molecule has 64 valence electrons. The first-order chi connectivity index (χ1) is 5.20. The van der Waals surface area contributed by atoms with Gasteiger partial charge in [-0.15, -0.1) is 11.6 Å². The molecule has 0 spiro atoms. The number of rotatable bonds is 4. The summed E-state index contributed by atoms with van der Waals surface area (Å²) in [5, 5.41) is 4.77. The molecule has 0 rings (SSSR count). The summed E-state index contributed by atoms with van der Waals surface area (Å²) in [5.74, 6) is -0.143. The van der Waals surface area contributed by atoms with E-state index >= 15 is 0 Å². The standard InChI is InChI=1S/C6H11ClN2O2/c1-8-6(11)4-9-5(10)2-3-7/h2-4H2,1H3,(H,8,11)(H,9,10). The molecule has 0 fully saturated rings. The van der Waals surface area contributed by atoms with Crippen molar-refractivity contribution in [2.45, 2.75) is 6.42 Å². The molecule has 0 aromatic heterocycles. The zero-order chi connectivity index (χ0) is 8.69. The summed E-state index contributed by atoms with van der Waals surface area (Å²) in [6.07, 6.45) is 0.249. The molecule has 0 unspecified atom stereocenters. The van der Waals surface area contributed by atoms with Crippen LogP contribution in [0.3, 0.4) is 0 Å². The Labute approximate surface area is 70.3 Å². The van der Waals surface area contributed by atoms with E-state index in [1.165, 1.54) is 7.05 Å². The van der Waals surface area contributed by atoms with Crippen molar-refractivity contribution in [1.29, 1.82) is 0 Å². The minimum absolute atomic E-state index is 0.0201. The van der Waals surface area contributed by atoms with Gasteiger partial charge in [0.1, 0.15) is 0 Å². The van der Waals surface area contributed by atoms with E-state index in [4.69, 9.17) is 11.6 Å².